The van der Waals surface area contributed by atoms with E-state index in [-0.39, 0.29) is 38.8 Å². The van der Waals surface area contributed by atoms with Crippen LogP contribution < -0.4 is 5.32 Å². The summed E-state index contributed by atoms with van der Waals surface area (Å²) >= 11 is 0. The number of cyclic esters (lactones) is 1. The zero-order chi connectivity index (χ0) is 38.9. The topological polar surface area (TPSA) is 189 Å². The van der Waals surface area contributed by atoms with Crippen LogP contribution in [0.5, 0.6) is 0 Å². The lowest BCUT2D eigenvalue weighted by atomic mass is 9.61. The normalized spacial score (nSPS) is 24.0. The molecule has 0 bridgehead atoms. The smallest absolute Gasteiger partial charge is 0.375 e. The number of nitrogens with one attached hydrogen (secondary N) is 1. The van der Waals surface area contributed by atoms with Crippen molar-refractivity contribution >= 4 is 39.9 Å². The molecule has 2 aliphatic heterocycles. The summed E-state index contributed by atoms with van der Waals surface area (Å²) in [6, 6.07) is 0. The van der Waals surface area contributed by atoms with E-state index in [1.807, 2.05) is 6.92 Å². The monoisotopic (exact) mass is 759 g/mol. The van der Waals surface area contributed by atoms with Gasteiger partial charge in [-0.15, -0.1) is 0 Å². The molecule has 13 nitrogen and oxygen atoms in total. The quantitative estimate of drug-likeness (QED) is 0.0886. The summed E-state index contributed by atoms with van der Waals surface area (Å²) in [4.78, 5) is 66.8. The van der Waals surface area contributed by atoms with Gasteiger partial charge in [0.05, 0.1) is 34.7 Å². The molecular weight excluding hydrogens is 710 g/mol. The zero-order valence-corrected chi connectivity index (χ0v) is 30.7. The van der Waals surface area contributed by atoms with E-state index in [0.29, 0.717) is 19.3 Å². The van der Waals surface area contributed by atoms with Crippen LogP contribution in [0.3, 0.4) is 0 Å². The van der Waals surface area contributed by atoms with E-state index in [9.17, 15) is 50.0 Å². The molecule has 3 aliphatic rings. The second-order valence-electron chi connectivity index (χ2n) is 15.8. The van der Waals surface area contributed by atoms with Crippen molar-refractivity contribution in [3.05, 3.63) is 0 Å². The van der Waals surface area contributed by atoms with E-state index in [1.165, 1.54) is 20.8 Å². The number of hydrogen-bond acceptors (Lipinski definition) is 11. The number of ether oxygens (including phenoxy) is 4. The highest BCUT2D eigenvalue weighted by Crippen LogP contribution is 2.52. The Labute approximate surface area is 295 Å². The Balaban J connectivity index is 1.91. The molecule has 0 aromatic rings. The first kappa shape index (κ1) is 42.4. The number of esters is 4. The first-order chi connectivity index (χ1) is 23.1. The van der Waals surface area contributed by atoms with Gasteiger partial charge in [-0.1, -0.05) is 6.92 Å². The molecule has 3 atom stereocenters. The molecule has 2 saturated heterocycles. The molecule has 2 N–H and O–H groups in total. The Hall–Kier alpha value is -3.02. The zero-order valence-electron chi connectivity index (χ0n) is 29.8. The van der Waals surface area contributed by atoms with Gasteiger partial charge >= 0.3 is 39.2 Å². The average Bonchev–Trinajstić information content (AvgIpc) is 3.71. The molecule has 0 radical (unpaired) electrons. The summed E-state index contributed by atoms with van der Waals surface area (Å²) in [6.45, 7) is 7.20. The van der Waals surface area contributed by atoms with Crippen molar-refractivity contribution < 1.29 is 73.5 Å². The molecule has 1 aliphatic carbocycles. The van der Waals surface area contributed by atoms with Gasteiger partial charge in [-0.2, -0.15) is 17.2 Å². The molecular formula is C33H49F4NO12S. The SMILES string of the molecule is CCC1(OC(=O)C(C)(C)CC(C)(CC2(CC(C)(C)C(=O)OCC(F)(F)CC(F)(F)S(=O)(=O)O)CCNC2=O)C(=O)OC2CCOC2=O)CCCC1. The first-order valence-corrected chi connectivity index (χ1v) is 18.4. The van der Waals surface area contributed by atoms with Gasteiger partial charge in [0, 0.05) is 13.0 Å². The second-order valence-corrected chi connectivity index (χ2v) is 17.4. The van der Waals surface area contributed by atoms with Gasteiger partial charge in [-0.05, 0) is 92.4 Å². The van der Waals surface area contributed by atoms with Gasteiger partial charge in [-0.3, -0.25) is 23.7 Å². The van der Waals surface area contributed by atoms with E-state index < -0.39 is 104 Å². The van der Waals surface area contributed by atoms with Gasteiger partial charge in [0.1, 0.15) is 5.60 Å². The van der Waals surface area contributed by atoms with Crippen LogP contribution in [0.25, 0.3) is 0 Å². The molecule has 2 heterocycles. The van der Waals surface area contributed by atoms with E-state index in [2.05, 4.69) is 10.1 Å². The largest absolute Gasteiger partial charge is 0.463 e. The molecule has 0 spiro atoms. The highest BCUT2D eigenvalue weighted by atomic mass is 32.2. The average molecular weight is 760 g/mol. The Morgan fingerprint density at radius 2 is 1.53 bits per heavy atom. The maximum atomic E-state index is 14.3. The lowest BCUT2D eigenvalue weighted by molar-refractivity contribution is -0.179. The minimum absolute atomic E-state index is 0.0135. The summed E-state index contributed by atoms with van der Waals surface area (Å²) in [5.41, 5.74) is -7.02. The predicted molar refractivity (Wildman–Crippen MR) is 170 cm³/mol. The fraction of sp³-hybridized carbons (Fsp3) is 0.848. The van der Waals surface area contributed by atoms with E-state index in [1.54, 1.807) is 13.8 Å². The van der Waals surface area contributed by atoms with Crippen molar-refractivity contribution in [3.8, 4) is 0 Å². The Kier molecular flexibility index (Phi) is 12.3. The van der Waals surface area contributed by atoms with Crippen molar-refractivity contribution in [2.24, 2.45) is 21.7 Å². The molecule has 3 rings (SSSR count). The molecule has 0 aromatic heterocycles. The molecule has 51 heavy (non-hydrogen) atoms. The van der Waals surface area contributed by atoms with Gasteiger partial charge in [-0.25, -0.2) is 13.6 Å². The van der Waals surface area contributed by atoms with Crippen LogP contribution in [0, 0.1) is 21.7 Å². The van der Waals surface area contributed by atoms with Crippen LogP contribution in [0.15, 0.2) is 0 Å². The third kappa shape index (κ3) is 9.90. The van der Waals surface area contributed by atoms with Crippen molar-refractivity contribution in [3.63, 3.8) is 0 Å². The number of rotatable bonds is 17. The van der Waals surface area contributed by atoms with E-state index >= 15 is 0 Å². The highest BCUT2D eigenvalue weighted by Gasteiger charge is 2.57. The van der Waals surface area contributed by atoms with Crippen molar-refractivity contribution in [2.45, 2.75) is 135 Å². The first-order valence-electron chi connectivity index (χ1n) is 16.9. The Morgan fingerprint density at radius 1 is 0.922 bits per heavy atom. The molecule has 18 heteroatoms. The van der Waals surface area contributed by atoms with Gasteiger partial charge in [0.25, 0.3) is 5.92 Å². The maximum Gasteiger partial charge on any atom is 0.375 e. The Morgan fingerprint density at radius 3 is 2.02 bits per heavy atom. The fourth-order valence-electron chi connectivity index (χ4n) is 7.58. The molecule has 1 saturated carbocycles. The molecule has 3 fully saturated rings. The summed E-state index contributed by atoms with van der Waals surface area (Å²) < 4.78 is 107. The molecule has 3 unspecified atom stereocenters. The van der Waals surface area contributed by atoms with Crippen LogP contribution in [-0.2, 0) is 53.0 Å². The third-order valence-electron chi connectivity index (χ3n) is 10.2. The predicted octanol–water partition coefficient (Wildman–Crippen LogP) is 4.90. The number of halogens is 4. The van der Waals surface area contributed by atoms with Crippen molar-refractivity contribution in [1.82, 2.24) is 5.32 Å². The number of carbonyl (C=O) groups excluding carboxylic acids is 5. The highest BCUT2D eigenvalue weighted by molar-refractivity contribution is 7.86. The van der Waals surface area contributed by atoms with Crippen LogP contribution >= 0.6 is 0 Å². The summed E-state index contributed by atoms with van der Waals surface area (Å²) in [6.07, 6.45) is -1.04. The van der Waals surface area contributed by atoms with E-state index in [0.717, 1.165) is 12.8 Å². The molecule has 1 amide bonds. The second kappa shape index (κ2) is 14.8. The summed E-state index contributed by atoms with van der Waals surface area (Å²) in [5.74, 6) is -8.79. The van der Waals surface area contributed by atoms with Gasteiger partial charge in [0.15, 0.2) is 6.61 Å². The van der Waals surface area contributed by atoms with E-state index in [4.69, 9.17) is 18.8 Å². The summed E-state index contributed by atoms with van der Waals surface area (Å²) in [7, 11) is -6.19. The molecule has 292 valence electrons. The lowest BCUT2D eigenvalue weighted by Crippen LogP contribution is -2.48. The number of alkyl halides is 4. The van der Waals surface area contributed by atoms with Crippen LogP contribution in [0.4, 0.5) is 17.6 Å². The maximum absolute atomic E-state index is 14.3. The molecule has 0 aromatic carbocycles. The van der Waals surface area contributed by atoms with Gasteiger partial charge < -0.3 is 24.3 Å². The number of hydrogen-bond donors (Lipinski definition) is 2. The third-order valence-corrected chi connectivity index (χ3v) is 11.1. The Bertz CT molecular complexity index is 1480. The minimum atomic E-state index is -6.19. The standard InChI is InChI=1S/C33H49F4NO12S/c1-7-31(11-8-9-12-31)50-25(42)27(2,3)16-29(6,26(43)49-21-10-15-47-22(21)39)18-30(13-14-38-23(30)40)17-28(4,5)24(41)48-20-32(34,35)19-33(36,37)51(44,45)46/h21H,7-20H2,1-6H3,(H,38,40)(H,44,45,46). The fourth-order valence-corrected chi connectivity index (χ4v) is 7.98. The van der Waals surface area contributed by atoms with Gasteiger partial charge in [0.2, 0.25) is 12.0 Å². The van der Waals surface area contributed by atoms with Crippen molar-refractivity contribution in [2.75, 3.05) is 19.8 Å². The minimum Gasteiger partial charge on any atom is -0.463 e. The van der Waals surface area contributed by atoms with Crippen molar-refractivity contribution in [1.29, 1.82) is 0 Å². The number of carbonyl (C=O) groups is 5. The lowest BCUT2D eigenvalue weighted by Gasteiger charge is -2.43. The van der Waals surface area contributed by atoms with Crippen LogP contribution in [0.2, 0.25) is 0 Å². The summed E-state index contributed by atoms with van der Waals surface area (Å²) in [5, 5.41) is -2.57. The number of amides is 1. The van der Waals surface area contributed by atoms with Crippen LogP contribution in [0.1, 0.15) is 112 Å². The van der Waals surface area contributed by atoms with Crippen LogP contribution in [-0.4, -0.2) is 85.4 Å².